The molecule has 0 bridgehead atoms. The maximum Gasteiger partial charge on any atom is 0.280 e. The Bertz CT molecular complexity index is 980. The topological polar surface area (TPSA) is 101 Å². The lowest BCUT2D eigenvalue weighted by Crippen LogP contribution is -2.25. The molecule has 1 fully saturated rings. The average Bonchev–Trinajstić information content (AvgIpc) is 3.07. The van der Waals surface area contributed by atoms with Gasteiger partial charge < -0.3 is 4.57 Å². The number of benzene rings is 1. The van der Waals surface area contributed by atoms with Crippen molar-refractivity contribution in [2.45, 2.75) is 18.4 Å². The summed E-state index contributed by atoms with van der Waals surface area (Å²) < 4.78 is 54.2. The van der Waals surface area contributed by atoms with E-state index in [4.69, 9.17) is 0 Å². The van der Waals surface area contributed by atoms with E-state index in [2.05, 4.69) is 9.71 Å². The third-order valence-corrected chi connectivity index (χ3v) is 6.93. The fraction of sp³-hybridized carbons (Fsp3) is 0.357. The minimum atomic E-state index is -3.83. The van der Waals surface area contributed by atoms with E-state index in [-0.39, 0.29) is 10.8 Å². The van der Waals surface area contributed by atoms with Gasteiger partial charge in [-0.25, -0.2) is 13.4 Å². The Labute approximate surface area is 141 Å². The second kappa shape index (κ2) is 5.78. The van der Waals surface area contributed by atoms with Gasteiger partial charge in [0.05, 0.1) is 23.5 Å². The second-order valence-electron chi connectivity index (χ2n) is 5.72. The van der Waals surface area contributed by atoms with Crippen LogP contribution in [0, 0.1) is 6.92 Å². The molecule has 0 amide bonds. The van der Waals surface area contributed by atoms with Crippen LogP contribution in [0.2, 0.25) is 0 Å². The number of rotatable bonds is 4. The Morgan fingerprint density at radius 1 is 1.29 bits per heavy atom. The summed E-state index contributed by atoms with van der Waals surface area (Å²) in [5.74, 6) is 0.107. The van der Waals surface area contributed by atoms with Crippen molar-refractivity contribution < 1.29 is 16.8 Å². The van der Waals surface area contributed by atoms with Crippen LogP contribution >= 0.6 is 0 Å². The minimum absolute atomic E-state index is 0.0939. The monoisotopic (exact) mass is 370 g/mol. The molecule has 1 N–H and O–H groups in total. The van der Waals surface area contributed by atoms with E-state index < -0.39 is 20.0 Å². The van der Waals surface area contributed by atoms with Gasteiger partial charge in [-0.15, -0.1) is 0 Å². The highest BCUT2D eigenvalue weighted by Crippen LogP contribution is 2.29. The van der Waals surface area contributed by atoms with Gasteiger partial charge >= 0.3 is 0 Å². The molecule has 2 aromatic rings. The van der Waals surface area contributed by atoms with Crippen molar-refractivity contribution in [1.29, 1.82) is 0 Å². The third kappa shape index (κ3) is 3.11. The predicted molar refractivity (Wildman–Crippen MR) is 90.9 cm³/mol. The first-order chi connectivity index (χ1) is 11.2. The van der Waals surface area contributed by atoms with Crippen molar-refractivity contribution in [3.8, 4) is 0 Å². The average molecular weight is 370 g/mol. The van der Waals surface area contributed by atoms with Gasteiger partial charge in [0.1, 0.15) is 0 Å². The van der Waals surface area contributed by atoms with Crippen molar-refractivity contribution >= 4 is 31.4 Å². The van der Waals surface area contributed by atoms with Crippen molar-refractivity contribution in [2.24, 2.45) is 7.05 Å². The molecule has 0 unspecified atom stereocenters. The molecular formula is C14H18N4O4S2. The van der Waals surface area contributed by atoms with Gasteiger partial charge in [-0.2, -0.15) is 8.42 Å². The number of nitrogens with one attached hydrogen (secondary N) is 1. The highest BCUT2D eigenvalue weighted by atomic mass is 32.2. The third-order valence-electron chi connectivity index (χ3n) is 3.81. The maximum absolute atomic E-state index is 12.4. The zero-order valence-corrected chi connectivity index (χ0v) is 14.9. The Hall–Kier alpha value is -2.07. The summed E-state index contributed by atoms with van der Waals surface area (Å²) in [5.41, 5.74) is 1.48. The lowest BCUT2D eigenvalue weighted by molar-refractivity contribution is 0.597. The molecule has 0 saturated carbocycles. The van der Waals surface area contributed by atoms with Crippen LogP contribution < -0.4 is 9.03 Å². The molecule has 8 nitrogen and oxygen atoms in total. The van der Waals surface area contributed by atoms with Crippen LogP contribution in [0.3, 0.4) is 0 Å². The number of aromatic nitrogens is 2. The number of hydrogen-bond acceptors (Lipinski definition) is 5. The predicted octanol–water partition coefficient (Wildman–Crippen LogP) is 1.07. The normalized spacial score (nSPS) is 17.2. The van der Waals surface area contributed by atoms with Crippen molar-refractivity contribution in [2.75, 3.05) is 21.3 Å². The van der Waals surface area contributed by atoms with Crippen molar-refractivity contribution in [3.63, 3.8) is 0 Å². The quantitative estimate of drug-likeness (QED) is 0.867. The molecule has 10 heteroatoms. The van der Waals surface area contributed by atoms with Crippen LogP contribution in [0.4, 0.5) is 11.4 Å². The van der Waals surface area contributed by atoms with Gasteiger partial charge in [0.25, 0.3) is 10.0 Å². The van der Waals surface area contributed by atoms with Crippen LogP contribution in [0.1, 0.15) is 12.0 Å². The van der Waals surface area contributed by atoms with Gasteiger partial charge in [-0.3, -0.25) is 9.03 Å². The zero-order valence-electron chi connectivity index (χ0n) is 13.3. The number of nitrogens with zero attached hydrogens (tertiary/aromatic N) is 3. The molecule has 1 saturated heterocycles. The Balaban J connectivity index is 1.95. The van der Waals surface area contributed by atoms with Crippen molar-refractivity contribution in [1.82, 2.24) is 9.55 Å². The first-order valence-electron chi connectivity index (χ1n) is 7.31. The lowest BCUT2D eigenvalue weighted by atomic mass is 10.2. The van der Waals surface area contributed by atoms with Crippen LogP contribution in [0.25, 0.3) is 0 Å². The van der Waals surface area contributed by atoms with Crippen LogP contribution in [0.5, 0.6) is 0 Å². The first kappa shape index (κ1) is 16.8. The summed E-state index contributed by atoms with van der Waals surface area (Å²) in [6, 6.07) is 4.91. The molecule has 0 radical (unpaired) electrons. The van der Waals surface area contributed by atoms with Gasteiger partial charge in [0.15, 0.2) is 5.03 Å². The summed E-state index contributed by atoms with van der Waals surface area (Å²) in [7, 11) is -5.48. The Morgan fingerprint density at radius 3 is 2.62 bits per heavy atom. The van der Waals surface area contributed by atoms with Gasteiger partial charge in [-0.1, -0.05) is 6.07 Å². The summed E-state index contributed by atoms with van der Waals surface area (Å²) in [6.45, 7) is 2.15. The molecule has 130 valence electrons. The molecule has 0 spiro atoms. The number of aryl methyl sites for hydroxylation is 2. The molecule has 1 aromatic heterocycles. The highest BCUT2D eigenvalue weighted by molar-refractivity contribution is 7.93. The van der Waals surface area contributed by atoms with Crippen molar-refractivity contribution in [3.05, 3.63) is 36.3 Å². The van der Waals surface area contributed by atoms with E-state index >= 15 is 0 Å². The van der Waals surface area contributed by atoms with Crippen LogP contribution in [0.15, 0.2) is 35.7 Å². The molecule has 1 aliphatic heterocycles. The first-order valence-corrected chi connectivity index (χ1v) is 10.4. The summed E-state index contributed by atoms with van der Waals surface area (Å²) >= 11 is 0. The van der Waals surface area contributed by atoms with Gasteiger partial charge in [0.2, 0.25) is 10.0 Å². The SMILES string of the molecule is Cc1ccc(N2CCCS2(=O)=O)cc1NS(=O)(=O)c1cn(C)cn1. The second-order valence-corrected chi connectivity index (χ2v) is 9.37. The van der Waals surface area contributed by atoms with E-state index in [1.165, 1.54) is 21.4 Å². The molecule has 24 heavy (non-hydrogen) atoms. The smallest absolute Gasteiger partial charge is 0.280 e. The molecule has 1 aromatic carbocycles. The fourth-order valence-electron chi connectivity index (χ4n) is 2.53. The number of anilines is 2. The van der Waals surface area contributed by atoms with E-state index in [9.17, 15) is 16.8 Å². The number of hydrogen-bond donors (Lipinski definition) is 1. The molecule has 0 aliphatic carbocycles. The Kier molecular flexibility index (Phi) is 4.04. The molecule has 1 aliphatic rings. The van der Waals surface area contributed by atoms with Gasteiger partial charge in [-0.05, 0) is 31.0 Å². The van der Waals surface area contributed by atoms with E-state index in [0.29, 0.717) is 29.9 Å². The summed E-state index contributed by atoms with van der Waals surface area (Å²) in [4.78, 5) is 3.84. The van der Waals surface area contributed by atoms with Crippen LogP contribution in [-0.2, 0) is 27.1 Å². The summed E-state index contributed by atoms with van der Waals surface area (Å²) in [6.07, 6.45) is 3.35. The number of sulfonamides is 2. The summed E-state index contributed by atoms with van der Waals surface area (Å²) in [5, 5.41) is -0.0939. The molecule has 0 atom stereocenters. The largest absolute Gasteiger partial charge is 0.339 e. The van der Waals surface area contributed by atoms with E-state index in [1.54, 1.807) is 32.2 Å². The minimum Gasteiger partial charge on any atom is -0.339 e. The fourth-order valence-corrected chi connectivity index (χ4v) is 5.19. The maximum atomic E-state index is 12.4. The van der Waals surface area contributed by atoms with Crippen LogP contribution in [-0.4, -0.2) is 38.7 Å². The zero-order chi connectivity index (χ0) is 17.5. The molecule has 3 rings (SSSR count). The molecule has 2 heterocycles. The molecular weight excluding hydrogens is 352 g/mol. The van der Waals surface area contributed by atoms with E-state index in [1.807, 2.05) is 0 Å². The standard InChI is InChI=1S/C14H18N4O4S2/c1-11-4-5-12(18-6-3-7-23(18,19)20)8-13(11)16-24(21,22)14-9-17(2)10-15-14/h4-5,8-10,16H,3,6-7H2,1-2H3. The lowest BCUT2D eigenvalue weighted by Gasteiger charge is -2.19. The highest BCUT2D eigenvalue weighted by Gasteiger charge is 2.29. The van der Waals surface area contributed by atoms with E-state index in [0.717, 1.165) is 0 Å². The van der Waals surface area contributed by atoms with Gasteiger partial charge in [0, 0.05) is 19.8 Å². The number of imidazole rings is 1. The Morgan fingerprint density at radius 2 is 2.04 bits per heavy atom.